The van der Waals surface area contributed by atoms with Gasteiger partial charge in [0.2, 0.25) is 0 Å². The van der Waals surface area contributed by atoms with E-state index in [1.165, 1.54) is 10.8 Å². The molecular weight excluding hydrogens is 613 g/mol. The van der Waals surface area contributed by atoms with Crippen LogP contribution in [-0.4, -0.2) is 29.1 Å². The lowest BCUT2D eigenvalue weighted by molar-refractivity contribution is 1.14. The minimum Gasteiger partial charge on any atom is -0.309 e. The zero-order valence-corrected chi connectivity index (χ0v) is 26.8. The minimum absolute atomic E-state index is 0.790. The first-order valence-electron chi connectivity index (χ1n) is 16.6. The predicted molar refractivity (Wildman–Crippen MR) is 203 cm³/mol. The molecule has 6 aromatic heterocycles. The van der Waals surface area contributed by atoms with Crippen LogP contribution in [0.3, 0.4) is 0 Å². The summed E-state index contributed by atoms with van der Waals surface area (Å²) in [5, 5.41) is 3.50. The molecule has 0 fully saturated rings. The summed E-state index contributed by atoms with van der Waals surface area (Å²) < 4.78 is 4.64. The first-order valence-corrected chi connectivity index (χ1v) is 16.6. The Morgan fingerprint density at radius 2 is 0.940 bits per heavy atom. The highest BCUT2D eigenvalue weighted by Crippen LogP contribution is 2.38. The topological polar surface area (TPSA) is 61.4 Å². The fourth-order valence-electron chi connectivity index (χ4n) is 7.23. The quantitative estimate of drug-likeness (QED) is 0.188. The van der Waals surface area contributed by atoms with E-state index >= 15 is 0 Å². The lowest BCUT2D eigenvalue weighted by Gasteiger charge is -2.13. The molecule has 6 heterocycles. The second-order valence-corrected chi connectivity index (χ2v) is 12.4. The van der Waals surface area contributed by atoms with E-state index in [1.54, 1.807) is 12.4 Å². The van der Waals surface area contributed by atoms with Crippen molar-refractivity contribution >= 4 is 43.7 Å². The van der Waals surface area contributed by atoms with Crippen molar-refractivity contribution < 1.29 is 0 Å². The Morgan fingerprint density at radius 1 is 0.340 bits per heavy atom. The Morgan fingerprint density at radius 3 is 1.70 bits per heavy atom. The lowest BCUT2D eigenvalue weighted by atomic mass is 10.0. The summed E-state index contributed by atoms with van der Waals surface area (Å²) in [6.07, 6.45) is 5.49. The summed E-state index contributed by atoms with van der Waals surface area (Å²) >= 11 is 0. The highest BCUT2D eigenvalue weighted by molar-refractivity contribution is 6.11. The Kier molecular flexibility index (Phi) is 6.39. The maximum atomic E-state index is 5.04. The van der Waals surface area contributed by atoms with Crippen LogP contribution in [0.4, 0.5) is 0 Å². The monoisotopic (exact) mass is 640 g/mol. The number of pyridine rings is 4. The van der Waals surface area contributed by atoms with E-state index < -0.39 is 0 Å². The molecule has 6 nitrogen and oxygen atoms in total. The first-order chi connectivity index (χ1) is 24.8. The standard InChI is InChI=1S/C44H28N6/c1-2-11-31(12-3-1)49-41-21-19-29(25-35(41)44-42(49)17-10-24-47-44)30-18-20-34-33-13-4-5-16-40(33)50(43(34)26-30)32-27-38(36-14-6-8-22-45-36)48-39(28-32)37-15-7-9-23-46-37/h1-28H. The van der Waals surface area contributed by atoms with Gasteiger partial charge in [0, 0.05) is 40.4 Å². The average Bonchev–Trinajstić information content (AvgIpc) is 3.71. The molecule has 0 saturated heterocycles. The van der Waals surface area contributed by atoms with Crippen molar-refractivity contribution in [2.24, 2.45) is 0 Å². The van der Waals surface area contributed by atoms with Crippen molar-refractivity contribution in [3.8, 4) is 45.3 Å². The molecule has 0 aliphatic carbocycles. The summed E-state index contributed by atoms with van der Waals surface area (Å²) in [4.78, 5) is 19.2. The molecule has 234 valence electrons. The van der Waals surface area contributed by atoms with Gasteiger partial charge in [-0.2, -0.15) is 0 Å². The molecule has 0 aliphatic rings. The van der Waals surface area contributed by atoms with Crippen LogP contribution in [0.2, 0.25) is 0 Å². The van der Waals surface area contributed by atoms with Gasteiger partial charge in [-0.3, -0.25) is 15.0 Å². The normalized spacial score (nSPS) is 11.6. The van der Waals surface area contributed by atoms with Crippen molar-refractivity contribution in [3.05, 3.63) is 170 Å². The largest absolute Gasteiger partial charge is 0.309 e. The van der Waals surface area contributed by atoms with Crippen LogP contribution < -0.4 is 0 Å². The van der Waals surface area contributed by atoms with Crippen molar-refractivity contribution in [1.29, 1.82) is 0 Å². The van der Waals surface area contributed by atoms with Crippen LogP contribution in [0.5, 0.6) is 0 Å². The van der Waals surface area contributed by atoms with E-state index in [-0.39, 0.29) is 0 Å². The molecule has 0 bridgehead atoms. The van der Waals surface area contributed by atoms with Gasteiger partial charge in [0.1, 0.15) is 0 Å². The third-order valence-electron chi connectivity index (χ3n) is 9.46. The number of hydrogen-bond donors (Lipinski definition) is 0. The highest BCUT2D eigenvalue weighted by Gasteiger charge is 2.18. The number of rotatable bonds is 5. The second kappa shape index (κ2) is 11.4. The van der Waals surface area contributed by atoms with Crippen molar-refractivity contribution in [2.75, 3.05) is 0 Å². The van der Waals surface area contributed by atoms with Crippen LogP contribution in [0.1, 0.15) is 0 Å². The Labute approximate surface area is 287 Å². The average molecular weight is 641 g/mol. The minimum atomic E-state index is 0.790. The van der Waals surface area contributed by atoms with Crippen molar-refractivity contribution in [3.63, 3.8) is 0 Å². The third-order valence-corrected chi connectivity index (χ3v) is 9.46. The maximum Gasteiger partial charge on any atom is 0.0963 e. The molecule has 4 aromatic carbocycles. The number of benzene rings is 4. The zero-order valence-electron chi connectivity index (χ0n) is 26.8. The van der Waals surface area contributed by atoms with Gasteiger partial charge >= 0.3 is 0 Å². The summed E-state index contributed by atoms with van der Waals surface area (Å²) in [5.41, 5.74) is 13.0. The summed E-state index contributed by atoms with van der Waals surface area (Å²) in [6.45, 7) is 0. The SMILES string of the molecule is c1ccc(-n2c3ccc(-c4ccc5c6ccccc6n(-c6cc(-c7ccccn7)nc(-c7ccccn7)c6)c5c4)cc3c3ncccc32)cc1. The van der Waals surface area contributed by atoms with Gasteiger partial charge in [-0.1, -0.05) is 66.7 Å². The van der Waals surface area contributed by atoms with Crippen LogP contribution >= 0.6 is 0 Å². The number of para-hydroxylation sites is 2. The molecule has 0 unspecified atom stereocenters. The summed E-state index contributed by atoms with van der Waals surface area (Å²) in [6, 6.07) is 52.8. The molecule has 10 rings (SSSR count). The molecule has 10 aromatic rings. The molecule has 0 saturated carbocycles. The van der Waals surface area contributed by atoms with Gasteiger partial charge in [0.05, 0.1) is 56.0 Å². The molecule has 0 atom stereocenters. The van der Waals surface area contributed by atoms with E-state index in [9.17, 15) is 0 Å². The van der Waals surface area contributed by atoms with E-state index in [4.69, 9.17) is 9.97 Å². The first kappa shape index (κ1) is 28.1. The molecule has 0 radical (unpaired) electrons. The Balaban J connectivity index is 1.20. The highest BCUT2D eigenvalue weighted by atomic mass is 15.0. The zero-order chi connectivity index (χ0) is 33.0. The predicted octanol–water partition coefficient (Wildman–Crippen LogP) is 10.5. The maximum absolute atomic E-state index is 5.04. The molecule has 0 N–H and O–H groups in total. The van der Waals surface area contributed by atoms with Gasteiger partial charge in [-0.25, -0.2) is 4.98 Å². The van der Waals surface area contributed by atoms with Crippen LogP contribution in [0.25, 0.3) is 89.0 Å². The molecule has 6 heteroatoms. The number of hydrogen-bond acceptors (Lipinski definition) is 4. The van der Waals surface area contributed by atoms with Gasteiger partial charge in [-0.15, -0.1) is 0 Å². The summed E-state index contributed by atoms with van der Waals surface area (Å²) in [5.74, 6) is 0. The molecule has 0 spiro atoms. The van der Waals surface area contributed by atoms with E-state index in [0.29, 0.717) is 0 Å². The van der Waals surface area contributed by atoms with Gasteiger partial charge in [-0.05, 0) is 96.1 Å². The third kappa shape index (κ3) is 4.50. The van der Waals surface area contributed by atoms with Crippen molar-refractivity contribution in [2.45, 2.75) is 0 Å². The van der Waals surface area contributed by atoms with Gasteiger partial charge in [0.15, 0.2) is 0 Å². The number of aromatic nitrogens is 6. The molecule has 0 aliphatic heterocycles. The second-order valence-electron chi connectivity index (χ2n) is 12.4. The lowest BCUT2D eigenvalue weighted by Crippen LogP contribution is -1.99. The number of fused-ring (bicyclic) bond motifs is 6. The Hall–Kier alpha value is -6.92. The molecule has 0 amide bonds. The van der Waals surface area contributed by atoms with E-state index in [0.717, 1.165) is 78.2 Å². The van der Waals surface area contributed by atoms with E-state index in [2.05, 4.69) is 122 Å². The van der Waals surface area contributed by atoms with Crippen LogP contribution in [0, 0.1) is 0 Å². The Bertz CT molecular complexity index is 2800. The number of nitrogens with zero attached hydrogens (tertiary/aromatic N) is 6. The smallest absolute Gasteiger partial charge is 0.0963 e. The van der Waals surface area contributed by atoms with Crippen LogP contribution in [0.15, 0.2) is 170 Å². The van der Waals surface area contributed by atoms with Gasteiger partial charge in [0.25, 0.3) is 0 Å². The molecule has 50 heavy (non-hydrogen) atoms. The fourth-order valence-corrected chi connectivity index (χ4v) is 7.23. The summed E-state index contributed by atoms with van der Waals surface area (Å²) in [7, 11) is 0. The van der Waals surface area contributed by atoms with Crippen LogP contribution in [-0.2, 0) is 0 Å². The van der Waals surface area contributed by atoms with Crippen molar-refractivity contribution in [1.82, 2.24) is 29.1 Å². The van der Waals surface area contributed by atoms with E-state index in [1.807, 2.05) is 54.7 Å². The van der Waals surface area contributed by atoms with Gasteiger partial charge < -0.3 is 9.13 Å². The molecular formula is C44H28N6. The fraction of sp³-hybridized carbons (Fsp3) is 0.